The summed E-state index contributed by atoms with van der Waals surface area (Å²) in [4.78, 5) is 11.2. The van der Waals surface area contributed by atoms with Crippen molar-refractivity contribution in [2.45, 2.75) is 6.18 Å². The van der Waals surface area contributed by atoms with Crippen molar-refractivity contribution in [2.24, 2.45) is 0 Å². The Morgan fingerprint density at radius 1 is 1.33 bits per heavy atom. The van der Waals surface area contributed by atoms with Gasteiger partial charge in [0.2, 0.25) is 5.91 Å². The number of alkyl halides is 3. The molecule has 0 saturated carbocycles. The number of carbonyl (C=O) groups is 1. The number of carbonyl (C=O) groups excluding carboxylic acids is 1. The average Bonchev–Trinajstić information content (AvgIpc) is 2.12. The Morgan fingerprint density at radius 3 is 2.56 bits per heavy atom. The Bertz CT molecular complexity index is 414. The summed E-state index contributed by atoms with van der Waals surface area (Å²) in [5.41, 5.74) is 5.45. The molecule has 8 heteroatoms. The Kier molecular flexibility index (Phi) is 4.49. The molecule has 0 saturated heterocycles. The molecule has 0 spiro atoms. The van der Waals surface area contributed by atoms with Crippen LogP contribution in [0.5, 0.6) is 0 Å². The van der Waals surface area contributed by atoms with Crippen LogP contribution in [0.3, 0.4) is 0 Å². The van der Waals surface area contributed by atoms with Crippen molar-refractivity contribution in [2.75, 3.05) is 24.3 Å². The predicted octanol–water partition coefficient (Wildman–Crippen LogP) is 1.93. The van der Waals surface area contributed by atoms with Gasteiger partial charge in [-0.25, -0.2) is 4.39 Å². The van der Waals surface area contributed by atoms with E-state index >= 15 is 0 Å². The van der Waals surface area contributed by atoms with Gasteiger partial charge in [-0.2, -0.15) is 13.2 Å². The van der Waals surface area contributed by atoms with Crippen LogP contribution in [-0.2, 0) is 9.53 Å². The smallest absolute Gasteiger partial charge is 0.399 e. The molecule has 4 nitrogen and oxygen atoms in total. The summed E-state index contributed by atoms with van der Waals surface area (Å²) in [5.74, 6) is -1.49. The SMILES string of the molecule is Nc1cc(F)cc(NC(=O)COCC(F)(F)F)c1. The van der Waals surface area contributed by atoms with Gasteiger partial charge in [-0.15, -0.1) is 0 Å². The molecule has 0 radical (unpaired) electrons. The Labute approximate surface area is 99.7 Å². The summed E-state index contributed by atoms with van der Waals surface area (Å²) in [5, 5.41) is 2.16. The molecule has 0 atom stereocenters. The van der Waals surface area contributed by atoms with Gasteiger partial charge < -0.3 is 15.8 Å². The van der Waals surface area contributed by atoms with Gasteiger partial charge >= 0.3 is 6.18 Å². The lowest BCUT2D eigenvalue weighted by molar-refractivity contribution is -0.174. The number of rotatable bonds is 4. The topological polar surface area (TPSA) is 64.3 Å². The second kappa shape index (κ2) is 5.67. The molecule has 0 fully saturated rings. The second-order valence-corrected chi connectivity index (χ2v) is 3.43. The van der Waals surface area contributed by atoms with Crippen LogP contribution in [0.15, 0.2) is 18.2 Å². The van der Waals surface area contributed by atoms with Crippen LogP contribution in [0, 0.1) is 5.82 Å². The zero-order chi connectivity index (χ0) is 13.8. The van der Waals surface area contributed by atoms with Crippen LogP contribution in [0.2, 0.25) is 0 Å². The normalized spacial score (nSPS) is 11.3. The molecule has 0 bridgehead atoms. The third kappa shape index (κ3) is 5.48. The summed E-state index contributed by atoms with van der Waals surface area (Å²) in [7, 11) is 0. The van der Waals surface area contributed by atoms with Gasteiger partial charge in [-0.3, -0.25) is 4.79 Å². The van der Waals surface area contributed by atoms with Gasteiger partial charge in [0.25, 0.3) is 0 Å². The van der Waals surface area contributed by atoms with Gasteiger partial charge in [0.15, 0.2) is 0 Å². The molecular formula is C10H10F4N2O2. The quantitative estimate of drug-likeness (QED) is 0.646. The molecular weight excluding hydrogens is 256 g/mol. The van der Waals surface area contributed by atoms with E-state index < -0.39 is 31.1 Å². The Morgan fingerprint density at radius 2 is 2.00 bits per heavy atom. The van der Waals surface area contributed by atoms with E-state index in [0.717, 1.165) is 12.1 Å². The van der Waals surface area contributed by atoms with E-state index in [-0.39, 0.29) is 11.4 Å². The zero-order valence-electron chi connectivity index (χ0n) is 9.05. The van der Waals surface area contributed by atoms with Crippen LogP contribution in [-0.4, -0.2) is 25.3 Å². The van der Waals surface area contributed by atoms with Crippen molar-refractivity contribution >= 4 is 17.3 Å². The minimum atomic E-state index is -4.50. The summed E-state index contributed by atoms with van der Waals surface area (Å²) in [6.45, 7) is -2.30. The highest BCUT2D eigenvalue weighted by Crippen LogP contribution is 2.16. The van der Waals surface area contributed by atoms with Crippen molar-refractivity contribution < 1.29 is 27.1 Å². The van der Waals surface area contributed by atoms with Crippen molar-refractivity contribution in [1.29, 1.82) is 0 Å². The Hall–Kier alpha value is -1.83. The van der Waals surface area contributed by atoms with Crippen LogP contribution in [0.4, 0.5) is 28.9 Å². The van der Waals surface area contributed by atoms with Gasteiger partial charge in [0.1, 0.15) is 19.0 Å². The first-order valence-electron chi connectivity index (χ1n) is 4.77. The van der Waals surface area contributed by atoms with Crippen molar-refractivity contribution in [1.82, 2.24) is 0 Å². The first-order valence-corrected chi connectivity index (χ1v) is 4.77. The Balaban J connectivity index is 2.45. The average molecular weight is 266 g/mol. The first kappa shape index (κ1) is 14.2. The molecule has 0 heterocycles. The summed E-state index contributed by atoms with van der Waals surface area (Å²) < 4.78 is 52.2. The monoisotopic (exact) mass is 266 g/mol. The van der Waals surface area contributed by atoms with Crippen LogP contribution < -0.4 is 11.1 Å². The number of nitrogens with one attached hydrogen (secondary N) is 1. The number of hydrogen-bond acceptors (Lipinski definition) is 3. The molecule has 0 aromatic heterocycles. The van der Waals surface area contributed by atoms with Crippen LogP contribution in [0.1, 0.15) is 0 Å². The standard InChI is InChI=1S/C10H10F4N2O2/c11-6-1-7(15)3-8(2-6)16-9(17)4-18-5-10(12,13)14/h1-3H,4-5,15H2,(H,16,17). The highest BCUT2D eigenvalue weighted by molar-refractivity contribution is 5.92. The summed E-state index contributed by atoms with van der Waals surface area (Å²) >= 11 is 0. The molecule has 1 aromatic carbocycles. The van der Waals surface area contributed by atoms with Gasteiger partial charge in [-0.1, -0.05) is 0 Å². The fourth-order valence-corrected chi connectivity index (χ4v) is 1.14. The van der Waals surface area contributed by atoms with E-state index in [0.29, 0.717) is 0 Å². The number of hydrogen-bond donors (Lipinski definition) is 2. The highest BCUT2D eigenvalue weighted by atomic mass is 19.4. The summed E-state index contributed by atoms with van der Waals surface area (Å²) in [6.07, 6.45) is -4.50. The van der Waals surface area contributed by atoms with Crippen molar-refractivity contribution in [3.8, 4) is 0 Å². The van der Waals surface area contributed by atoms with Crippen molar-refractivity contribution in [3.05, 3.63) is 24.0 Å². The lowest BCUT2D eigenvalue weighted by Gasteiger charge is -2.08. The number of amides is 1. The third-order valence-corrected chi connectivity index (χ3v) is 1.70. The maximum Gasteiger partial charge on any atom is 0.411 e. The minimum absolute atomic E-state index is 0.0492. The van der Waals surface area contributed by atoms with E-state index in [4.69, 9.17) is 5.73 Å². The maximum absolute atomic E-state index is 12.9. The lowest BCUT2D eigenvalue weighted by Crippen LogP contribution is -2.24. The van der Waals surface area contributed by atoms with Gasteiger partial charge in [-0.05, 0) is 18.2 Å². The van der Waals surface area contributed by atoms with Crippen LogP contribution in [0.25, 0.3) is 0 Å². The maximum atomic E-state index is 12.9. The predicted molar refractivity (Wildman–Crippen MR) is 56.3 cm³/mol. The summed E-state index contributed by atoms with van der Waals surface area (Å²) in [6, 6.07) is 3.29. The molecule has 1 rings (SSSR count). The van der Waals surface area contributed by atoms with Gasteiger partial charge in [0.05, 0.1) is 0 Å². The molecule has 100 valence electrons. The number of nitrogens with two attached hydrogens (primary N) is 1. The van der Waals surface area contributed by atoms with Gasteiger partial charge in [0, 0.05) is 11.4 Å². The van der Waals surface area contributed by atoms with E-state index in [2.05, 4.69) is 10.1 Å². The molecule has 0 aliphatic heterocycles. The molecule has 0 unspecified atom stereocenters. The van der Waals surface area contributed by atoms with E-state index in [9.17, 15) is 22.4 Å². The number of halogens is 4. The molecule has 0 aliphatic rings. The highest BCUT2D eigenvalue weighted by Gasteiger charge is 2.27. The number of ether oxygens (including phenoxy) is 1. The molecule has 3 N–H and O–H groups in total. The zero-order valence-corrected chi connectivity index (χ0v) is 9.05. The fourth-order valence-electron chi connectivity index (χ4n) is 1.14. The molecule has 18 heavy (non-hydrogen) atoms. The number of anilines is 2. The largest absolute Gasteiger partial charge is 0.411 e. The third-order valence-electron chi connectivity index (χ3n) is 1.70. The fraction of sp³-hybridized carbons (Fsp3) is 0.300. The lowest BCUT2D eigenvalue weighted by atomic mass is 10.2. The molecule has 1 amide bonds. The second-order valence-electron chi connectivity index (χ2n) is 3.43. The number of benzene rings is 1. The molecule has 0 aliphatic carbocycles. The van der Waals surface area contributed by atoms with Crippen molar-refractivity contribution in [3.63, 3.8) is 0 Å². The van der Waals surface area contributed by atoms with Crippen LogP contribution >= 0.6 is 0 Å². The van der Waals surface area contributed by atoms with E-state index in [1.54, 1.807) is 0 Å². The number of nitrogen functional groups attached to an aromatic ring is 1. The van der Waals surface area contributed by atoms with E-state index in [1.165, 1.54) is 6.07 Å². The molecule has 1 aromatic rings. The van der Waals surface area contributed by atoms with E-state index in [1.807, 2.05) is 0 Å². The first-order chi connectivity index (χ1) is 8.26. The minimum Gasteiger partial charge on any atom is -0.399 e.